The van der Waals surface area contributed by atoms with E-state index in [2.05, 4.69) is 22.0 Å². The van der Waals surface area contributed by atoms with Crippen molar-refractivity contribution in [2.45, 2.75) is 6.54 Å². The highest BCUT2D eigenvalue weighted by Gasteiger charge is 2.08. The van der Waals surface area contributed by atoms with Crippen molar-refractivity contribution >= 4 is 15.9 Å². The van der Waals surface area contributed by atoms with Gasteiger partial charge in [0.1, 0.15) is 23.4 Å². The number of nitrogens with two attached hydrogens (primary N) is 1. The van der Waals surface area contributed by atoms with Crippen LogP contribution >= 0.6 is 15.9 Å². The Labute approximate surface area is 118 Å². The van der Waals surface area contributed by atoms with Gasteiger partial charge >= 0.3 is 0 Å². The minimum atomic E-state index is -0.363. The normalized spacial score (nSPS) is 10.0. The first-order valence-corrected chi connectivity index (χ1v) is 6.29. The molecule has 0 radical (unpaired) electrons. The summed E-state index contributed by atoms with van der Waals surface area (Å²) >= 11 is 3.21. The van der Waals surface area contributed by atoms with Crippen molar-refractivity contribution in [2.24, 2.45) is 5.73 Å². The lowest BCUT2D eigenvalue weighted by molar-refractivity contribution is 0.475. The number of hydrogen-bond donors (Lipinski definition) is 1. The third-order valence-electron chi connectivity index (χ3n) is 2.51. The SMILES string of the molecule is N#Cc1cc(CN)ccc1Oc1ccc(F)cc1Br. The molecule has 0 saturated heterocycles. The van der Waals surface area contributed by atoms with Gasteiger partial charge in [0.05, 0.1) is 10.0 Å². The lowest BCUT2D eigenvalue weighted by Gasteiger charge is -2.10. The molecular formula is C14H10BrFN2O. The van der Waals surface area contributed by atoms with E-state index in [9.17, 15) is 4.39 Å². The number of hydrogen-bond acceptors (Lipinski definition) is 3. The van der Waals surface area contributed by atoms with Crippen LogP contribution in [-0.4, -0.2) is 0 Å². The number of benzene rings is 2. The zero-order valence-electron chi connectivity index (χ0n) is 9.86. The van der Waals surface area contributed by atoms with E-state index in [1.165, 1.54) is 18.2 Å². The molecule has 0 atom stereocenters. The van der Waals surface area contributed by atoms with Gasteiger partial charge in [-0.05, 0) is 51.8 Å². The van der Waals surface area contributed by atoms with Crippen molar-refractivity contribution in [3.8, 4) is 17.6 Å². The van der Waals surface area contributed by atoms with Crippen molar-refractivity contribution in [1.29, 1.82) is 5.26 Å². The highest BCUT2D eigenvalue weighted by Crippen LogP contribution is 2.32. The number of rotatable bonds is 3. The van der Waals surface area contributed by atoms with E-state index in [1.54, 1.807) is 18.2 Å². The highest BCUT2D eigenvalue weighted by molar-refractivity contribution is 9.10. The third kappa shape index (κ3) is 3.11. The second-order valence-corrected chi connectivity index (χ2v) is 4.68. The van der Waals surface area contributed by atoms with Gasteiger partial charge in [-0.2, -0.15) is 5.26 Å². The van der Waals surface area contributed by atoms with Gasteiger partial charge in [-0.25, -0.2) is 4.39 Å². The van der Waals surface area contributed by atoms with Gasteiger partial charge in [0.15, 0.2) is 0 Å². The molecule has 3 nitrogen and oxygen atoms in total. The number of nitrogens with zero attached hydrogens (tertiary/aromatic N) is 1. The lowest BCUT2D eigenvalue weighted by atomic mass is 10.1. The Morgan fingerprint density at radius 3 is 2.58 bits per heavy atom. The van der Waals surface area contributed by atoms with Gasteiger partial charge in [-0.1, -0.05) is 6.07 Å². The first-order valence-electron chi connectivity index (χ1n) is 5.50. The van der Waals surface area contributed by atoms with Crippen LogP contribution in [0.15, 0.2) is 40.9 Å². The number of nitriles is 1. The highest BCUT2D eigenvalue weighted by atomic mass is 79.9. The largest absolute Gasteiger partial charge is 0.455 e. The summed E-state index contributed by atoms with van der Waals surface area (Å²) < 4.78 is 19.1. The smallest absolute Gasteiger partial charge is 0.145 e. The third-order valence-corrected chi connectivity index (χ3v) is 3.13. The Kier molecular flexibility index (Phi) is 4.15. The van der Waals surface area contributed by atoms with Crippen LogP contribution in [0.4, 0.5) is 4.39 Å². The maximum atomic E-state index is 13.0. The van der Waals surface area contributed by atoms with Gasteiger partial charge in [0.2, 0.25) is 0 Å². The van der Waals surface area contributed by atoms with Gasteiger partial charge in [0, 0.05) is 6.54 Å². The fraction of sp³-hybridized carbons (Fsp3) is 0.0714. The van der Waals surface area contributed by atoms with Crippen molar-refractivity contribution < 1.29 is 9.13 Å². The van der Waals surface area contributed by atoms with Crippen molar-refractivity contribution in [3.63, 3.8) is 0 Å². The second-order valence-electron chi connectivity index (χ2n) is 3.82. The van der Waals surface area contributed by atoms with Crippen LogP contribution in [0.1, 0.15) is 11.1 Å². The van der Waals surface area contributed by atoms with E-state index in [1.807, 2.05) is 0 Å². The van der Waals surface area contributed by atoms with Crippen molar-refractivity contribution in [3.05, 3.63) is 57.8 Å². The van der Waals surface area contributed by atoms with Crippen LogP contribution in [0.2, 0.25) is 0 Å². The monoisotopic (exact) mass is 320 g/mol. The molecule has 0 aliphatic carbocycles. The summed E-state index contributed by atoms with van der Waals surface area (Å²) in [5.74, 6) is 0.489. The molecule has 2 rings (SSSR count). The molecule has 0 heterocycles. The summed E-state index contributed by atoms with van der Waals surface area (Å²) in [6.45, 7) is 0.356. The standard InChI is InChI=1S/C14H10BrFN2O/c15-12-6-11(16)2-4-14(12)19-13-3-1-9(7-17)5-10(13)8-18/h1-6H,7,17H2. The maximum Gasteiger partial charge on any atom is 0.145 e. The van der Waals surface area contributed by atoms with Crippen LogP contribution in [0, 0.1) is 17.1 Å². The van der Waals surface area contributed by atoms with E-state index in [0.29, 0.717) is 28.1 Å². The quantitative estimate of drug-likeness (QED) is 0.937. The Balaban J connectivity index is 2.35. The van der Waals surface area contributed by atoms with Gasteiger partial charge < -0.3 is 10.5 Å². The fourth-order valence-electron chi connectivity index (χ4n) is 1.56. The molecule has 0 spiro atoms. The molecule has 0 unspecified atom stereocenters. The molecule has 0 fully saturated rings. The summed E-state index contributed by atoms with van der Waals surface area (Å²) in [6, 6.07) is 11.3. The summed E-state index contributed by atoms with van der Waals surface area (Å²) in [5.41, 5.74) is 6.75. The zero-order chi connectivity index (χ0) is 13.8. The maximum absolute atomic E-state index is 13.0. The average molecular weight is 321 g/mol. The average Bonchev–Trinajstić information content (AvgIpc) is 2.42. The molecule has 0 aromatic heterocycles. The molecule has 19 heavy (non-hydrogen) atoms. The summed E-state index contributed by atoms with van der Waals surface area (Å²) in [5, 5.41) is 9.09. The predicted octanol–water partition coefficient (Wildman–Crippen LogP) is 3.71. The molecule has 2 aromatic carbocycles. The lowest BCUT2D eigenvalue weighted by Crippen LogP contribution is -1.98. The molecule has 5 heteroatoms. The molecular weight excluding hydrogens is 311 g/mol. The van der Waals surface area contributed by atoms with E-state index >= 15 is 0 Å². The van der Waals surface area contributed by atoms with E-state index < -0.39 is 0 Å². The Bertz CT molecular complexity index is 652. The molecule has 2 aromatic rings. The van der Waals surface area contributed by atoms with Crippen LogP contribution < -0.4 is 10.5 Å². The van der Waals surface area contributed by atoms with Gasteiger partial charge in [-0.3, -0.25) is 0 Å². The minimum Gasteiger partial charge on any atom is -0.455 e. The van der Waals surface area contributed by atoms with Crippen LogP contribution in [0.25, 0.3) is 0 Å². The van der Waals surface area contributed by atoms with Crippen molar-refractivity contribution in [1.82, 2.24) is 0 Å². The van der Waals surface area contributed by atoms with Gasteiger partial charge in [0.25, 0.3) is 0 Å². The molecule has 0 bridgehead atoms. The van der Waals surface area contributed by atoms with Crippen LogP contribution in [0.3, 0.4) is 0 Å². The Morgan fingerprint density at radius 2 is 1.95 bits per heavy atom. The minimum absolute atomic E-state index is 0.356. The van der Waals surface area contributed by atoms with Crippen LogP contribution in [0.5, 0.6) is 11.5 Å². The van der Waals surface area contributed by atoms with Crippen LogP contribution in [-0.2, 0) is 6.54 Å². The van der Waals surface area contributed by atoms with Crippen molar-refractivity contribution in [2.75, 3.05) is 0 Å². The van der Waals surface area contributed by atoms with E-state index in [0.717, 1.165) is 5.56 Å². The molecule has 0 amide bonds. The Hall–Kier alpha value is -1.90. The number of ether oxygens (including phenoxy) is 1. The summed E-state index contributed by atoms with van der Waals surface area (Å²) in [6.07, 6.45) is 0. The first kappa shape index (κ1) is 13.5. The van der Waals surface area contributed by atoms with E-state index in [4.69, 9.17) is 15.7 Å². The number of halogens is 2. The first-order chi connectivity index (χ1) is 9.13. The van der Waals surface area contributed by atoms with E-state index in [-0.39, 0.29) is 5.82 Å². The molecule has 0 aliphatic heterocycles. The molecule has 0 saturated carbocycles. The summed E-state index contributed by atoms with van der Waals surface area (Å²) in [4.78, 5) is 0. The molecule has 96 valence electrons. The molecule has 2 N–H and O–H groups in total. The topological polar surface area (TPSA) is 59.0 Å². The summed E-state index contributed by atoms with van der Waals surface area (Å²) in [7, 11) is 0. The van der Waals surface area contributed by atoms with Gasteiger partial charge in [-0.15, -0.1) is 0 Å². The zero-order valence-corrected chi connectivity index (χ0v) is 11.4. The Morgan fingerprint density at radius 1 is 1.21 bits per heavy atom. The fourth-order valence-corrected chi connectivity index (χ4v) is 1.99. The molecule has 0 aliphatic rings. The second kappa shape index (κ2) is 5.83. The predicted molar refractivity (Wildman–Crippen MR) is 73.2 cm³/mol.